The van der Waals surface area contributed by atoms with Crippen molar-refractivity contribution in [3.8, 4) is 5.75 Å². The Balaban J connectivity index is 0.000000356. The number of aromatic carboxylic acids is 1. The molecule has 3 aromatic carbocycles. The normalized spacial score (nSPS) is 15.6. The van der Waals surface area contributed by atoms with E-state index < -0.39 is 18.3 Å². The zero-order valence-electron chi connectivity index (χ0n) is 24.6. The molecule has 14 heteroatoms. The molecule has 1 fully saturated rings. The Kier molecular flexibility index (Phi) is 10.3. The Morgan fingerprint density at radius 1 is 0.978 bits per heavy atom. The average Bonchev–Trinajstić information content (AvgIpc) is 3.69. The van der Waals surface area contributed by atoms with Crippen molar-refractivity contribution < 1.29 is 34.4 Å². The fourth-order valence-corrected chi connectivity index (χ4v) is 4.81. The summed E-state index contributed by atoms with van der Waals surface area (Å²) in [4.78, 5) is 36.7. The Hall–Kier alpha value is -5.57. The first-order chi connectivity index (χ1) is 22.3. The number of fused-ring (bicyclic) bond motifs is 1. The smallest absolute Gasteiger partial charge is 0.339 e. The average molecular weight is 628 g/mol. The molecular weight excluding hydrogens is 594 g/mol. The maximum Gasteiger partial charge on any atom is 0.339 e. The number of para-hydroxylation sites is 1. The highest BCUT2D eigenvalue weighted by molar-refractivity contribution is 6.02. The number of aromatic nitrogens is 4. The first kappa shape index (κ1) is 31.8. The van der Waals surface area contributed by atoms with Crippen LogP contribution in [0.3, 0.4) is 0 Å². The second kappa shape index (κ2) is 14.9. The summed E-state index contributed by atoms with van der Waals surface area (Å²) in [6.45, 7) is 0.175. The highest BCUT2D eigenvalue weighted by Crippen LogP contribution is 2.32. The highest BCUT2D eigenvalue weighted by Gasteiger charge is 2.29. The van der Waals surface area contributed by atoms with E-state index in [4.69, 9.17) is 25.4 Å². The minimum absolute atomic E-state index is 0.00168. The lowest BCUT2D eigenvalue weighted by Crippen LogP contribution is -2.20. The van der Waals surface area contributed by atoms with Crippen LogP contribution in [0.15, 0.2) is 91.5 Å². The summed E-state index contributed by atoms with van der Waals surface area (Å²) in [5.41, 5.74) is 8.56. The van der Waals surface area contributed by atoms with Gasteiger partial charge in [-0.05, 0) is 48.7 Å². The molecule has 2 aromatic heterocycles. The fraction of sp³-hybridized carbons (Fsp3) is 0.219. The molecule has 2 unspecified atom stereocenters. The molecule has 2 amide bonds. The third-order valence-corrected chi connectivity index (χ3v) is 6.94. The van der Waals surface area contributed by atoms with Gasteiger partial charge in [0.1, 0.15) is 30.5 Å². The summed E-state index contributed by atoms with van der Waals surface area (Å²) in [5.74, 6) is -0.613. The number of aliphatic hydroxyl groups is 2. The van der Waals surface area contributed by atoms with Crippen molar-refractivity contribution in [1.29, 1.82) is 0 Å². The monoisotopic (exact) mass is 627 g/mol. The van der Waals surface area contributed by atoms with Gasteiger partial charge in [0.25, 0.3) is 0 Å². The van der Waals surface area contributed by atoms with Crippen molar-refractivity contribution in [2.24, 2.45) is 0 Å². The van der Waals surface area contributed by atoms with E-state index in [0.717, 1.165) is 5.56 Å². The number of carboxylic acid groups (broad SMARTS) is 1. The maximum atomic E-state index is 12.4. The molecule has 6 rings (SSSR count). The van der Waals surface area contributed by atoms with E-state index in [1.807, 2.05) is 48.5 Å². The Morgan fingerprint density at radius 2 is 1.72 bits per heavy atom. The number of anilines is 3. The van der Waals surface area contributed by atoms with Crippen LogP contribution in [0.1, 0.15) is 35.0 Å². The number of hydrogen-bond donors (Lipinski definition) is 6. The van der Waals surface area contributed by atoms with E-state index in [-0.39, 0.29) is 36.1 Å². The van der Waals surface area contributed by atoms with E-state index in [9.17, 15) is 14.7 Å². The van der Waals surface area contributed by atoms with E-state index in [0.29, 0.717) is 41.8 Å². The fourth-order valence-electron chi connectivity index (χ4n) is 4.81. The minimum atomic E-state index is -1.23. The quantitative estimate of drug-likeness (QED) is 0.101. The van der Waals surface area contributed by atoms with Crippen LogP contribution in [-0.4, -0.2) is 65.8 Å². The van der Waals surface area contributed by atoms with Crippen molar-refractivity contribution in [3.05, 3.63) is 103 Å². The van der Waals surface area contributed by atoms with Gasteiger partial charge in [-0.3, -0.25) is 9.88 Å². The van der Waals surface area contributed by atoms with Crippen LogP contribution in [0.4, 0.5) is 22.0 Å². The van der Waals surface area contributed by atoms with Crippen molar-refractivity contribution in [2.75, 3.05) is 23.0 Å². The Morgan fingerprint density at radius 3 is 2.43 bits per heavy atom. The summed E-state index contributed by atoms with van der Waals surface area (Å²) in [6, 6.07) is 22.4. The van der Waals surface area contributed by atoms with Crippen molar-refractivity contribution in [2.45, 2.75) is 37.9 Å². The number of nitrogens with zero attached hydrogens (tertiary/aromatic N) is 4. The van der Waals surface area contributed by atoms with Crippen molar-refractivity contribution in [1.82, 2.24) is 19.5 Å². The minimum Gasteiger partial charge on any atom is -0.490 e. The number of amides is 2. The van der Waals surface area contributed by atoms with Crippen LogP contribution < -0.4 is 21.1 Å². The van der Waals surface area contributed by atoms with E-state index in [2.05, 4.69) is 25.6 Å². The molecule has 46 heavy (non-hydrogen) atoms. The number of nitrogens with one attached hydrogen (secondary N) is 2. The molecule has 1 saturated heterocycles. The van der Waals surface area contributed by atoms with Crippen LogP contribution in [0.25, 0.3) is 11.2 Å². The van der Waals surface area contributed by atoms with Gasteiger partial charge in [-0.25, -0.2) is 24.5 Å². The zero-order chi connectivity index (χ0) is 32.5. The zero-order valence-corrected chi connectivity index (χ0v) is 24.6. The summed E-state index contributed by atoms with van der Waals surface area (Å²) in [7, 11) is 0. The number of benzene rings is 3. The molecule has 3 heterocycles. The molecule has 0 spiro atoms. The second-order valence-corrected chi connectivity index (χ2v) is 10.3. The van der Waals surface area contributed by atoms with Crippen LogP contribution in [0, 0.1) is 0 Å². The van der Waals surface area contributed by atoms with E-state index in [1.54, 1.807) is 29.1 Å². The van der Waals surface area contributed by atoms with Gasteiger partial charge in [-0.2, -0.15) is 0 Å². The van der Waals surface area contributed by atoms with Gasteiger partial charge in [0.2, 0.25) is 0 Å². The van der Waals surface area contributed by atoms with E-state index in [1.165, 1.54) is 18.5 Å². The number of nitrogens with two attached hydrogens (primary N) is 1. The maximum absolute atomic E-state index is 12.4. The van der Waals surface area contributed by atoms with Gasteiger partial charge in [0.05, 0.1) is 12.4 Å². The number of aliphatic hydroxyl groups excluding tert-OH is 1. The number of nitrogen functional groups attached to an aromatic ring is 1. The first-order valence-electron chi connectivity index (χ1n) is 14.4. The third-order valence-electron chi connectivity index (χ3n) is 6.94. The molecule has 0 aliphatic carbocycles. The molecule has 1 aliphatic rings. The predicted octanol–water partition coefficient (Wildman–Crippen LogP) is 4.05. The van der Waals surface area contributed by atoms with E-state index >= 15 is 0 Å². The molecule has 5 aromatic rings. The van der Waals surface area contributed by atoms with Gasteiger partial charge in [-0.1, -0.05) is 48.5 Å². The summed E-state index contributed by atoms with van der Waals surface area (Å²) in [6.07, 6.45) is 2.77. The number of ether oxygens (including phenoxy) is 2. The summed E-state index contributed by atoms with van der Waals surface area (Å²) in [5, 5.41) is 31.9. The number of urea groups is 1. The van der Waals surface area contributed by atoms with Gasteiger partial charge >= 0.3 is 12.0 Å². The number of carbonyl (C=O) groups is 2. The molecule has 238 valence electrons. The van der Waals surface area contributed by atoms with Gasteiger partial charge in [0, 0.05) is 17.8 Å². The molecule has 7 N–H and O–H groups in total. The Labute approximate surface area is 263 Å². The largest absolute Gasteiger partial charge is 0.490 e. The number of hydrogen-bond acceptors (Lipinski definition) is 10. The molecule has 0 bridgehead atoms. The van der Waals surface area contributed by atoms with Crippen molar-refractivity contribution in [3.63, 3.8) is 0 Å². The molecule has 14 nitrogen and oxygen atoms in total. The lowest BCUT2D eigenvalue weighted by Gasteiger charge is -2.17. The summed E-state index contributed by atoms with van der Waals surface area (Å²) < 4.78 is 13.6. The number of imidazole rings is 1. The second-order valence-electron chi connectivity index (χ2n) is 10.3. The first-order valence-corrected chi connectivity index (χ1v) is 14.4. The van der Waals surface area contributed by atoms with Crippen molar-refractivity contribution >= 4 is 40.4 Å². The van der Waals surface area contributed by atoms with Crippen LogP contribution in [0.2, 0.25) is 0 Å². The van der Waals surface area contributed by atoms with Gasteiger partial charge in [0.15, 0.2) is 23.3 Å². The highest BCUT2D eigenvalue weighted by atomic mass is 16.6. The van der Waals surface area contributed by atoms with Crippen LogP contribution in [0.5, 0.6) is 5.75 Å². The molecular formula is C32H33N7O7. The number of carbonyl (C=O) groups excluding carboxylic acids is 1. The topological polar surface area (TPSA) is 207 Å². The molecule has 0 saturated carbocycles. The number of carboxylic acids is 1. The van der Waals surface area contributed by atoms with Crippen LogP contribution in [-0.2, 0) is 11.2 Å². The molecule has 1 aliphatic heterocycles. The Bertz CT molecular complexity index is 1770. The summed E-state index contributed by atoms with van der Waals surface area (Å²) >= 11 is 0. The predicted molar refractivity (Wildman–Crippen MR) is 169 cm³/mol. The lowest BCUT2D eigenvalue weighted by molar-refractivity contribution is -0.0381. The van der Waals surface area contributed by atoms with Gasteiger partial charge in [-0.15, -0.1) is 0 Å². The number of rotatable bonds is 9. The molecule has 0 radical (unpaired) electrons. The standard InChI is InChI=1S/C24H23N7O5.C8H10O2/c25-14-6-8-18(17(10-14)23(32)33)35-11-16-7-9-19(36-16)31-13-28-20-21(26-12-27-22(20)31)30-24(34)29-15-4-2-1-3-5-15;9-8(10)6-7-4-2-1-3-5-7/h1-6,8,10,12-13,16,19H,7,9,11,25H2,(H,32,33)(H2,26,27,29,30,34);1-5,8-10H,6H2. The molecule has 2 atom stereocenters. The van der Waals surface area contributed by atoms with Gasteiger partial charge < -0.3 is 35.8 Å². The van der Waals surface area contributed by atoms with Crippen LogP contribution >= 0.6 is 0 Å². The third kappa shape index (κ3) is 8.32. The lowest BCUT2D eigenvalue weighted by atomic mass is 10.1. The SMILES string of the molecule is Nc1ccc(OCC2CCC(n3cnc4c(NC(=O)Nc5ccccc5)ncnc43)O2)c(C(=O)O)c1.OC(O)Cc1ccccc1.